The molecule has 21 heavy (non-hydrogen) atoms. The molecule has 102 valence electrons. The Morgan fingerprint density at radius 2 is 1.76 bits per heavy atom. The minimum absolute atomic E-state index is 0.278. The van der Waals surface area contributed by atoms with Gasteiger partial charge in [0.15, 0.2) is 5.76 Å². The van der Waals surface area contributed by atoms with E-state index in [2.05, 4.69) is 5.32 Å². The van der Waals surface area contributed by atoms with Crippen LogP contribution < -0.4 is 5.32 Å². The third kappa shape index (κ3) is 1.97. The monoisotopic (exact) mass is 277 g/mol. The molecule has 1 N–H and O–H groups in total. The summed E-state index contributed by atoms with van der Waals surface area (Å²) in [5.41, 5.74) is 2.25. The molecule has 0 spiro atoms. The standard InChI is InChI=1S/C17H11NO3/c19-17(15-6-3-9-20-15)18-11-7-8-13-12-4-1-2-5-14(12)21-16(13)10-11/h1-10H,(H,18,19). The molecule has 0 bridgehead atoms. The van der Waals surface area contributed by atoms with Gasteiger partial charge >= 0.3 is 0 Å². The van der Waals surface area contributed by atoms with E-state index in [-0.39, 0.29) is 11.7 Å². The Morgan fingerprint density at radius 3 is 2.62 bits per heavy atom. The predicted octanol–water partition coefficient (Wildman–Crippen LogP) is 4.43. The van der Waals surface area contributed by atoms with Crippen molar-refractivity contribution in [1.29, 1.82) is 0 Å². The summed E-state index contributed by atoms with van der Waals surface area (Å²) in [5, 5.41) is 4.88. The molecule has 0 fully saturated rings. The van der Waals surface area contributed by atoms with E-state index in [1.54, 1.807) is 12.1 Å². The topological polar surface area (TPSA) is 55.4 Å². The van der Waals surface area contributed by atoms with Crippen molar-refractivity contribution < 1.29 is 13.6 Å². The molecule has 0 radical (unpaired) electrons. The van der Waals surface area contributed by atoms with Crippen molar-refractivity contribution in [2.45, 2.75) is 0 Å². The maximum Gasteiger partial charge on any atom is 0.291 e. The van der Waals surface area contributed by atoms with Crippen LogP contribution in [0.5, 0.6) is 0 Å². The lowest BCUT2D eigenvalue weighted by molar-refractivity contribution is 0.0996. The molecule has 0 saturated heterocycles. The van der Waals surface area contributed by atoms with Crippen LogP contribution in [-0.4, -0.2) is 5.91 Å². The van der Waals surface area contributed by atoms with Crippen LogP contribution in [0.1, 0.15) is 10.6 Å². The number of rotatable bonds is 2. The van der Waals surface area contributed by atoms with Crippen LogP contribution in [0.2, 0.25) is 0 Å². The van der Waals surface area contributed by atoms with Gasteiger partial charge < -0.3 is 14.2 Å². The van der Waals surface area contributed by atoms with Crippen molar-refractivity contribution in [3.63, 3.8) is 0 Å². The third-order valence-electron chi connectivity index (χ3n) is 3.38. The minimum atomic E-state index is -0.282. The molecule has 0 aliphatic carbocycles. The second-order valence-corrected chi connectivity index (χ2v) is 4.74. The van der Waals surface area contributed by atoms with Crippen LogP contribution in [0.15, 0.2) is 69.7 Å². The Kier molecular flexibility index (Phi) is 2.54. The van der Waals surface area contributed by atoms with Gasteiger partial charge in [0.05, 0.1) is 6.26 Å². The fraction of sp³-hybridized carbons (Fsp3) is 0. The number of amides is 1. The van der Waals surface area contributed by atoms with Crippen molar-refractivity contribution in [1.82, 2.24) is 0 Å². The summed E-state index contributed by atoms with van der Waals surface area (Å²) in [6.07, 6.45) is 1.47. The summed E-state index contributed by atoms with van der Waals surface area (Å²) in [4.78, 5) is 11.9. The highest BCUT2D eigenvalue weighted by atomic mass is 16.3. The fourth-order valence-electron chi connectivity index (χ4n) is 2.40. The van der Waals surface area contributed by atoms with Gasteiger partial charge in [-0.2, -0.15) is 0 Å². The average Bonchev–Trinajstić information content (AvgIpc) is 3.14. The van der Waals surface area contributed by atoms with E-state index in [1.807, 2.05) is 42.5 Å². The number of fused-ring (bicyclic) bond motifs is 3. The van der Waals surface area contributed by atoms with Gasteiger partial charge in [0.25, 0.3) is 5.91 Å². The molecular weight excluding hydrogens is 266 g/mol. The molecule has 1 amide bonds. The summed E-state index contributed by atoms with van der Waals surface area (Å²) >= 11 is 0. The maximum atomic E-state index is 11.9. The van der Waals surface area contributed by atoms with Gasteiger partial charge in [-0.3, -0.25) is 4.79 Å². The zero-order valence-corrected chi connectivity index (χ0v) is 11.0. The number of hydrogen-bond acceptors (Lipinski definition) is 3. The van der Waals surface area contributed by atoms with Crippen molar-refractivity contribution >= 4 is 33.5 Å². The molecule has 4 heteroatoms. The zero-order valence-electron chi connectivity index (χ0n) is 11.0. The third-order valence-corrected chi connectivity index (χ3v) is 3.38. The Labute approximate surface area is 120 Å². The van der Waals surface area contributed by atoms with Crippen LogP contribution in [0.25, 0.3) is 21.9 Å². The first kappa shape index (κ1) is 11.8. The van der Waals surface area contributed by atoms with Crippen LogP contribution in [0, 0.1) is 0 Å². The second kappa shape index (κ2) is 4.52. The summed E-state index contributed by atoms with van der Waals surface area (Å²) in [7, 11) is 0. The SMILES string of the molecule is O=C(Nc1ccc2c(c1)oc1ccccc12)c1ccco1. The lowest BCUT2D eigenvalue weighted by Gasteiger charge is -2.02. The first-order valence-electron chi connectivity index (χ1n) is 6.57. The van der Waals surface area contributed by atoms with E-state index >= 15 is 0 Å². The Balaban J connectivity index is 1.74. The Morgan fingerprint density at radius 1 is 0.905 bits per heavy atom. The lowest BCUT2D eigenvalue weighted by atomic mass is 10.1. The quantitative estimate of drug-likeness (QED) is 0.589. The Bertz CT molecular complexity index is 935. The van der Waals surface area contributed by atoms with Gasteiger partial charge in [-0.1, -0.05) is 18.2 Å². The highest BCUT2D eigenvalue weighted by Gasteiger charge is 2.11. The molecule has 4 rings (SSSR count). The van der Waals surface area contributed by atoms with Crippen LogP contribution >= 0.6 is 0 Å². The van der Waals surface area contributed by atoms with E-state index in [0.29, 0.717) is 5.69 Å². The van der Waals surface area contributed by atoms with E-state index in [0.717, 1.165) is 21.9 Å². The van der Waals surface area contributed by atoms with Crippen molar-refractivity contribution in [2.24, 2.45) is 0 Å². The predicted molar refractivity (Wildman–Crippen MR) is 80.4 cm³/mol. The van der Waals surface area contributed by atoms with Gasteiger partial charge in [-0.15, -0.1) is 0 Å². The number of carbonyl (C=O) groups is 1. The molecule has 4 aromatic rings. The van der Waals surface area contributed by atoms with Crippen LogP contribution in [0.3, 0.4) is 0 Å². The highest BCUT2D eigenvalue weighted by molar-refractivity contribution is 6.07. The average molecular weight is 277 g/mol. The molecule has 0 atom stereocenters. The second-order valence-electron chi connectivity index (χ2n) is 4.74. The maximum absolute atomic E-state index is 11.9. The first-order chi connectivity index (χ1) is 10.3. The van der Waals surface area contributed by atoms with E-state index in [1.165, 1.54) is 6.26 Å². The van der Waals surface area contributed by atoms with Crippen molar-refractivity contribution in [3.05, 3.63) is 66.6 Å². The van der Waals surface area contributed by atoms with Crippen LogP contribution in [-0.2, 0) is 0 Å². The molecule has 2 heterocycles. The Hall–Kier alpha value is -3.01. The van der Waals surface area contributed by atoms with Gasteiger partial charge in [-0.05, 0) is 30.3 Å². The number of furan rings is 2. The van der Waals surface area contributed by atoms with Crippen molar-refractivity contribution in [2.75, 3.05) is 5.32 Å². The van der Waals surface area contributed by atoms with Gasteiger partial charge in [0, 0.05) is 22.5 Å². The molecular formula is C17H11NO3. The molecule has 2 aromatic heterocycles. The largest absolute Gasteiger partial charge is 0.459 e. The molecule has 2 aromatic carbocycles. The summed E-state index contributed by atoms with van der Waals surface area (Å²) in [6, 6.07) is 16.8. The number of anilines is 1. The van der Waals surface area contributed by atoms with Crippen molar-refractivity contribution in [3.8, 4) is 0 Å². The zero-order chi connectivity index (χ0) is 14.2. The number of nitrogens with one attached hydrogen (secondary N) is 1. The number of benzene rings is 2. The van der Waals surface area contributed by atoms with E-state index < -0.39 is 0 Å². The first-order valence-corrected chi connectivity index (χ1v) is 6.57. The van der Waals surface area contributed by atoms with Gasteiger partial charge in [0.2, 0.25) is 0 Å². The van der Waals surface area contributed by atoms with E-state index in [9.17, 15) is 4.79 Å². The molecule has 0 aliphatic rings. The molecule has 0 aliphatic heterocycles. The summed E-state index contributed by atoms with van der Waals surface area (Å²) in [6.45, 7) is 0. The summed E-state index contributed by atoms with van der Waals surface area (Å²) < 4.78 is 10.9. The number of para-hydroxylation sites is 1. The minimum Gasteiger partial charge on any atom is -0.459 e. The normalized spacial score (nSPS) is 11.0. The molecule has 4 nitrogen and oxygen atoms in total. The number of carbonyl (C=O) groups excluding carboxylic acids is 1. The highest BCUT2D eigenvalue weighted by Crippen LogP contribution is 2.30. The van der Waals surface area contributed by atoms with Crippen LogP contribution in [0.4, 0.5) is 5.69 Å². The van der Waals surface area contributed by atoms with E-state index in [4.69, 9.17) is 8.83 Å². The lowest BCUT2D eigenvalue weighted by Crippen LogP contribution is -2.10. The smallest absolute Gasteiger partial charge is 0.291 e. The fourth-order valence-corrected chi connectivity index (χ4v) is 2.40. The molecule has 0 unspecified atom stereocenters. The summed E-state index contributed by atoms with van der Waals surface area (Å²) in [5.74, 6) is -0.00448. The van der Waals surface area contributed by atoms with Gasteiger partial charge in [-0.25, -0.2) is 0 Å². The van der Waals surface area contributed by atoms with Gasteiger partial charge in [0.1, 0.15) is 11.2 Å². The number of hydrogen-bond donors (Lipinski definition) is 1. The molecule has 0 saturated carbocycles.